The highest BCUT2D eigenvalue weighted by Crippen LogP contribution is 2.30. The highest BCUT2D eigenvalue weighted by Gasteiger charge is 2.30. The molecule has 1 N–H and O–H groups in total. The highest BCUT2D eigenvalue weighted by molar-refractivity contribution is 6.03. The summed E-state index contributed by atoms with van der Waals surface area (Å²) < 4.78 is 47.6. The van der Waals surface area contributed by atoms with Gasteiger partial charge in [0.1, 0.15) is 6.26 Å². The Morgan fingerprint density at radius 1 is 1.04 bits per heavy atom. The van der Waals surface area contributed by atoms with Gasteiger partial charge in [0.25, 0.3) is 5.91 Å². The monoisotopic (exact) mass is 390 g/mol. The lowest BCUT2D eigenvalue weighted by molar-refractivity contribution is -0.137. The lowest BCUT2D eigenvalue weighted by Crippen LogP contribution is -2.12. The predicted molar refractivity (Wildman–Crippen MR) is 92.7 cm³/mol. The number of carbonyl (C=O) groups is 2. The van der Waals surface area contributed by atoms with E-state index in [9.17, 15) is 22.8 Å². The molecule has 0 atom stereocenters. The van der Waals surface area contributed by atoms with Gasteiger partial charge in [0.15, 0.2) is 5.69 Å². The van der Waals surface area contributed by atoms with Crippen molar-refractivity contribution in [2.24, 2.45) is 0 Å². The zero-order valence-electron chi connectivity index (χ0n) is 14.4. The molecule has 0 aliphatic rings. The Morgan fingerprint density at radius 2 is 1.68 bits per heavy atom. The molecule has 0 unspecified atom stereocenters. The van der Waals surface area contributed by atoms with E-state index in [1.807, 2.05) is 0 Å². The average molecular weight is 390 g/mol. The van der Waals surface area contributed by atoms with Crippen molar-refractivity contribution in [2.75, 3.05) is 12.4 Å². The molecule has 0 radical (unpaired) electrons. The summed E-state index contributed by atoms with van der Waals surface area (Å²) in [4.78, 5) is 27.6. The van der Waals surface area contributed by atoms with Gasteiger partial charge in [-0.05, 0) is 48.5 Å². The van der Waals surface area contributed by atoms with Crippen LogP contribution in [0.1, 0.15) is 26.4 Å². The van der Waals surface area contributed by atoms with Crippen LogP contribution in [-0.2, 0) is 10.9 Å². The number of hydrogen-bond acceptors (Lipinski definition) is 5. The van der Waals surface area contributed by atoms with Crippen molar-refractivity contribution in [3.8, 4) is 11.5 Å². The predicted octanol–water partition coefficient (Wildman–Crippen LogP) is 4.40. The topological polar surface area (TPSA) is 81.4 Å². The van der Waals surface area contributed by atoms with E-state index < -0.39 is 23.6 Å². The average Bonchev–Trinajstić information content (AvgIpc) is 3.18. The first-order valence-corrected chi connectivity index (χ1v) is 7.91. The first-order valence-electron chi connectivity index (χ1n) is 7.91. The molecule has 0 aliphatic heterocycles. The van der Waals surface area contributed by atoms with E-state index in [0.29, 0.717) is 16.8 Å². The van der Waals surface area contributed by atoms with Crippen LogP contribution in [0.2, 0.25) is 0 Å². The van der Waals surface area contributed by atoms with Crippen molar-refractivity contribution in [3.05, 3.63) is 71.6 Å². The maximum atomic E-state index is 12.6. The number of ether oxygens (including phenoxy) is 1. The maximum Gasteiger partial charge on any atom is 0.416 e. The second-order valence-electron chi connectivity index (χ2n) is 5.64. The summed E-state index contributed by atoms with van der Waals surface area (Å²) in [6.07, 6.45) is -3.34. The minimum absolute atomic E-state index is 0.0138. The maximum absolute atomic E-state index is 12.6. The number of hydrogen-bond donors (Lipinski definition) is 1. The van der Waals surface area contributed by atoms with E-state index in [2.05, 4.69) is 15.0 Å². The first-order chi connectivity index (χ1) is 13.3. The molecule has 2 aromatic carbocycles. The smallest absolute Gasteiger partial charge is 0.416 e. The Hall–Kier alpha value is -3.62. The van der Waals surface area contributed by atoms with Gasteiger partial charge in [0.2, 0.25) is 5.89 Å². The normalized spacial score (nSPS) is 11.1. The van der Waals surface area contributed by atoms with E-state index >= 15 is 0 Å². The highest BCUT2D eigenvalue weighted by atomic mass is 19.4. The number of methoxy groups -OCH3 is 1. The van der Waals surface area contributed by atoms with Crippen LogP contribution in [-0.4, -0.2) is 24.0 Å². The Morgan fingerprint density at radius 3 is 2.25 bits per heavy atom. The molecule has 0 fully saturated rings. The number of aromatic nitrogens is 1. The number of esters is 1. The number of oxazole rings is 1. The van der Waals surface area contributed by atoms with Crippen LogP contribution in [0.15, 0.2) is 59.2 Å². The molecule has 28 heavy (non-hydrogen) atoms. The molecule has 144 valence electrons. The second-order valence-corrected chi connectivity index (χ2v) is 5.64. The van der Waals surface area contributed by atoms with Gasteiger partial charge in [0.05, 0.1) is 18.2 Å². The van der Waals surface area contributed by atoms with Gasteiger partial charge in [-0.15, -0.1) is 0 Å². The molecule has 1 aromatic heterocycles. The van der Waals surface area contributed by atoms with Crippen molar-refractivity contribution < 1.29 is 31.9 Å². The molecule has 0 spiro atoms. The van der Waals surface area contributed by atoms with Gasteiger partial charge in [0, 0.05) is 11.3 Å². The molecule has 0 aliphatic carbocycles. The molecule has 6 nitrogen and oxygen atoms in total. The molecular formula is C19H13F3N2O4. The minimum atomic E-state index is -4.44. The van der Waals surface area contributed by atoms with E-state index in [0.717, 1.165) is 18.4 Å². The Labute approximate surface area is 157 Å². The molecule has 1 heterocycles. The fourth-order valence-corrected chi connectivity index (χ4v) is 2.32. The lowest BCUT2D eigenvalue weighted by atomic mass is 10.1. The van der Waals surface area contributed by atoms with Gasteiger partial charge >= 0.3 is 12.1 Å². The molecule has 3 rings (SSSR count). The lowest BCUT2D eigenvalue weighted by Gasteiger charge is -2.06. The summed E-state index contributed by atoms with van der Waals surface area (Å²) in [5, 5.41) is 2.57. The van der Waals surface area contributed by atoms with E-state index in [1.54, 1.807) is 0 Å². The third-order valence-electron chi connectivity index (χ3n) is 3.76. The van der Waals surface area contributed by atoms with Gasteiger partial charge in [-0.1, -0.05) is 0 Å². The van der Waals surface area contributed by atoms with Gasteiger partial charge in [-0.2, -0.15) is 13.2 Å². The molecule has 0 bridgehead atoms. The van der Waals surface area contributed by atoms with Gasteiger partial charge in [-0.25, -0.2) is 9.78 Å². The number of carbonyl (C=O) groups excluding carboxylic acids is 2. The summed E-state index contributed by atoms with van der Waals surface area (Å²) in [6, 6.07) is 10.2. The standard InChI is InChI=1S/C19H13F3N2O4/c1-27-18(26)12-4-8-14(9-5-12)23-16(25)15-10-28-17(24-15)11-2-6-13(7-3-11)19(20,21)22/h2-10H,1H3,(H,23,25). The molecule has 1 amide bonds. The van der Waals surface area contributed by atoms with E-state index in [1.165, 1.54) is 43.5 Å². The van der Waals surface area contributed by atoms with Crippen LogP contribution in [0.5, 0.6) is 0 Å². The summed E-state index contributed by atoms with van der Waals surface area (Å²) in [5.41, 5.74) is 0.195. The fraction of sp³-hybridized carbons (Fsp3) is 0.105. The van der Waals surface area contributed by atoms with Crippen LogP contribution in [0.25, 0.3) is 11.5 Å². The summed E-state index contributed by atoms with van der Waals surface area (Å²) >= 11 is 0. The quantitative estimate of drug-likeness (QED) is 0.668. The molecule has 3 aromatic rings. The zero-order valence-corrected chi connectivity index (χ0v) is 14.4. The number of alkyl halides is 3. The third kappa shape index (κ3) is 4.20. The molecular weight excluding hydrogens is 377 g/mol. The van der Waals surface area contributed by atoms with Crippen molar-refractivity contribution >= 4 is 17.6 Å². The fourth-order valence-electron chi connectivity index (χ4n) is 2.32. The van der Waals surface area contributed by atoms with Crippen LogP contribution >= 0.6 is 0 Å². The van der Waals surface area contributed by atoms with E-state index in [-0.39, 0.29) is 11.6 Å². The molecule has 0 saturated heterocycles. The number of anilines is 1. The SMILES string of the molecule is COC(=O)c1ccc(NC(=O)c2coc(-c3ccc(C(F)(F)F)cc3)n2)cc1. The second kappa shape index (κ2) is 7.55. The van der Waals surface area contributed by atoms with Crippen molar-refractivity contribution in [1.29, 1.82) is 0 Å². The summed E-state index contributed by atoms with van der Waals surface area (Å²) in [7, 11) is 1.26. The number of nitrogens with zero attached hydrogens (tertiary/aromatic N) is 1. The number of halogens is 3. The van der Waals surface area contributed by atoms with Gasteiger partial charge < -0.3 is 14.5 Å². The third-order valence-corrected chi connectivity index (χ3v) is 3.76. The number of amides is 1. The Kier molecular flexibility index (Phi) is 5.16. The van der Waals surface area contributed by atoms with Crippen LogP contribution < -0.4 is 5.32 Å². The largest absolute Gasteiger partial charge is 0.465 e. The zero-order chi connectivity index (χ0) is 20.3. The molecule has 9 heteroatoms. The van der Waals surface area contributed by atoms with Crippen molar-refractivity contribution in [3.63, 3.8) is 0 Å². The van der Waals surface area contributed by atoms with Crippen molar-refractivity contribution in [1.82, 2.24) is 4.98 Å². The number of benzene rings is 2. The Bertz CT molecular complexity index is 993. The number of rotatable bonds is 4. The Balaban J connectivity index is 1.71. The minimum Gasteiger partial charge on any atom is -0.465 e. The summed E-state index contributed by atoms with van der Waals surface area (Å²) in [5.74, 6) is -1.07. The molecule has 0 saturated carbocycles. The first kappa shape index (κ1) is 19.2. The van der Waals surface area contributed by atoms with E-state index in [4.69, 9.17) is 4.42 Å². The van der Waals surface area contributed by atoms with Gasteiger partial charge in [-0.3, -0.25) is 4.79 Å². The van der Waals surface area contributed by atoms with Crippen LogP contribution in [0, 0.1) is 0 Å². The van der Waals surface area contributed by atoms with Crippen molar-refractivity contribution in [2.45, 2.75) is 6.18 Å². The summed E-state index contributed by atoms with van der Waals surface area (Å²) in [6.45, 7) is 0. The van der Waals surface area contributed by atoms with Crippen LogP contribution in [0.3, 0.4) is 0 Å². The van der Waals surface area contributed by atoms with Crippen LogP contribution in [0.4, 0.5) is 18.9 Å². The number of nitrogens with one attached hydrogen (secondary N) is 1.